The average molecular weight is 298 g/mol. The molecule has 5 heteroatoms. The van der Waals surface area contributed by atoms with E-state index < -0.39 is 0 Å². The molecule has 4 nitrogen and oxygen atoms in total. The molecule has 0 unspecified atom stereocenters. The third-order valence-electron chi connectivity index (χ3n) is 3.14. The van der Waals surface area contributed by atoms with Crippen molar-refractivity contribution in [1.82, 2.24) is 4.98 Å². The summed E-state index contributed by atoms with van der Waals surface area (Å²) < 4.78 is 0. The number of fused-ring (bicyclic) bond motifs is 1. The molecule has 0 aliphatic rings. The van der Waals surface area contributed by atoms with E-state index in [2.05, 4.69) is 10.3 Å². The molecule has 0 radical (unpaired) electrons. The normalized spacial score (nSPS) is 10.5. The van der Waals surface area contributed by atoms with Crippen LogP contribution in [-0.2, 0) is 0 Å². The summed E-state index contributed by atoms with van der Waals surface area (Å²) in [7, 11) is 0. The number of amides is 1. The topological polar surface area (TPSA) is 68.0 Å². The number of aromatic nitrogens is 1. The molecule has 1 amide bonds. The molecule has 0 saturated carbocycles. The van der Waals surface area contributed by atoms with E-state index in [4.69, 9.17) is 17.3 Å². The van der Waals surface area contributed by atoms with Gasteiger partial charge < -0.3 is 11.1 Å². The van der Waals surface area contributed by atoms with Gasteiger partial charge in [0.25, 0.3) is 5.91 Å². The highest BCUT2D eigenvalue weighted by Crippen LogP contribution is 2.23. The van der Waals surface area contributed by atoms with Crippen molar-refractivity contribution in [2.45, 2.75) is 0 Å². The van der Waals surface area contributed by atoms with Gasteiger partial charge in [-0.25, -0.2) is 0 Å². The van der Waals surface area contributed by atoms with E-state index >= 15 is 0 Å². The number of nitrogens with zero attached hydrogens (tertiary/aromatic N) is 1. The Morgan fingerprint density at radius 1 is 1.14 bits per heavy atom. The summed E-state index contributed by atoms with van der Waals surface area (Å²) in [4.78, 5) is 16.7. The molecular weight excluding hydrogens is 286 g/mol. The van der Waals surface area contributed by atoms with E-state index in [1.807, 2.05) is 24.3 Å². The van der Waals surface area contributed by atoms with Gasteiger partial charge in [-0.2, -0.15) is 0 Å². The largest absolute Gasteiger partial charge is 0.398 e. The van der Waals surface area contributed by atoms with Crippen molar-refractivity contribution in [1.29, 1.82) is 0 Å². The quantitative estimate of drug-likeness (QED) is 0.708. The van der Waals surface area contributed by atoms with Crippen molar-refractivity contribution in [2.24, 2.45) is 0 Å². The number of hydrogen-bond acceptors (Lipinski definition) is 3. The van der Waals surface area contributed by atoms with Gasteiger partial charge in [0.1, 0.15) is 0 Å². The molecule has 0 aliphatic heterocycles. The minimum absolute atomic E-state index is 0.236. The highest BCUT2D eigenvalue weighted by molar-refractivity contribution is 6.33. The first-order chi connectivity index (χ1) is 10.1. The van der Waals surface area contributed by atoms with E-state index in [1.54, 1.807) is 30.5 Å². The van der Waals surface area contributed by atoms with Gasteiger partial charge in [0.05, 0.1) is 21.8 Å². The van der Waals surface area contributed by atoms with Gasteiger partial charge in [0.2, 0.25) is 0 Å². The molecule has 0 atom stereocenters. The van der Waals surface area contributed by atoms with Crippen LogP contribution in [0.1, 0.15) is 10.4 Å². The molecule has 0 fully saturated rings. The lowest BCUT2D eigenvalue weighted by atomic mass is 10.1. The summed E-state index contributed by atoms with van der Waals surface area (Å²) >= 11 is 5.95. The predicted octanol–water partition coefficient (Wildman–Crippen LogP) is 3.72. The van der Waals surface area contributed by atoms with Gasteiger partial charge in [-0.05, 0) is 30.3 Å². The molecule has 0 bridgehead atoms. The van der Waals surface area contributed by atoms with Crippen LogP contribution in [0.4, 0.5) is 11.4 Å². The third kappa shape index (κ3) is 2.66. The van der Waals surface area contributed by atoms with Crippen LogP contribution in [0.25, 0.3) is 10.9 Å². The van der Waals surface area contributed by atoms with Crippen LogP contribution in [-0.4, -0.2) is 10.9 Å². The van der Waals surface area contributed by atoms with Crippen LogP contribution in [0.2, 0.25) is 5.02 Å². The molecule has 0 saturated heterocycles. The number of rotatable bonds is 2. The standard InChI is InChI=1S/C16H12ClN3O/c17-13-9-11(6-7-14(13)18)20-16(21)12-5-1-3-10-4-2-8-19-15(10)12/h1-9H,18H2,(H,20,21). The molecule has 104 valence electrons. The molecule has 0 spiro atoms. The Labute approximate surface area is 126 Å². The molecule has 0 aliphatic carbocycles. The maximum Gasteiger partial charge on any atom is 0.257 e. The second-order valence-electron chi connectivity index (χ2n) is 4.57. The summed E-state index contributed by atoms with van der Waals surface area (Å²) in [6, 6.07) is 14.2. The van der Waals surface area contributed by atoms with Crippen molar-refractivity contribution < 1.29 is 4.79 Å². The van der Waals surface area contributed by atoms with Crippen LogP contribution >= 0.6 is 11.6 Å². The Morgan fingerprint density at radius 3 is 2.76 bits per heavy atom. The number of carbonyl (C=O) groups excluding carboxylic acids is 1. The van der Waals surface area contributed by atoms with Crippen molar-refractivity contribution in [2.75, 3.05) is 11.1 Å². The first-order valence-electron chi connectivity index (χ1n) is 6.35. The molecule has 3 N–H and O–H groups in total. The number of nitrogens with one attached hydrogen (secondary N) is 1. The van der Waals surface area contributed by atoms with Crippen LogP contribution in [0.5, 0.6) is 0 Å². The van der Waals surface area contributed by atoms with Crippen molar-refractivity contribution in [3.63, 3.8) is 0 Å². The van der Waals surface area contributed by atoms with E-state index in [0.717, 1.165) is 5.39 Å². The van der Waals surface area contributed by atoms with Crippen LogP contribution in [0.15, 0.2) is 54.7 Å². The number of hydrogen-bond donors (Lipinski definition) is 2. The summed E-state index contributed by atoms with van der Waals surface area (Å²) in [5.41, 5.74) is 7.89. The Kier molecular flexibility index (Phi) is 3.46. The summed E-state index contributed by atoms with van der Waals surface area (Å²) in [6.45, 7) is 0. The van der Waals surface area contributed by atoms with Crippen LogP contribution in [0, 0.1) is 0 Å². The van der Waals surface area contributed by atoms with Crippen LogP contribution in [0.3, 0.4) is 0 Å². The molecule has 2 aromatic carbocycles. The molecular formula is C16H12ClN3O. The lowest BCUT2D eigenvalue weighted by Crippen LogP contribution is -2.12. The van der Waals surface area contributed by atoms with E-state index in [0.29, 0.717) is 27.5 Å². The van der Waals surface area contributed by atoms with Gasteiger partial charge in [-0.15, -0.1) is 0 Å². The predicted molar refractivity (Wildman–Crippen MR) is 85.6 cm³/mol. The number of nitrogens with two attached hydrogens (primary N) is 1. The minimum atomic E-state index is -0.236. The zero-order chi connectivity index (χ0) is 14.8. The van der Waals surface area contributed by atoms with E-state index in [9.17, 15) is 4.79 Å². The number of benzene rings is 2. The monoisotopic (exact) mass is 297 g/mol. The second kappa shape index (κ2) is 5.42. The Morgan fingerprint density at radius 2 is 1.95 bits per heavy atom. The Hall–Kier alpha value is -2.59. The fraction of sp³-hybridized carbons (Fsp3) is 0. The number of halogens is 1. The number of carbonyl (C=O) groups is 1. The smallest absolute Gasteiger partial charge is 0.257 e. The number of anilines is 2. The zero-order valence-corrected chi connectivity index (χ0v) is 11.8. The zero-order valence-electron chi connectivity index (χ0n) is 11.0. The van der Waals surface area contributed by atoms with Gasteiger partial charge in [-0.3, -0.25) is 9.78 Å². The molecule has 3 aromatic rings. The van der Waals surface area contributed by atoms with E-state index in [-0.39, 0.29) is 5.91 Å². The second-order valence-corrected chi connectivity index (χ2v) is 4.98. The van der Waals surface area contributed by atoms with Gasteiger partial charge in [0, 0.05) is 17.3 Å². The first-order valence-corrected chi connectivity index (χ1v) is 6.73. The third-order valence-corrected chi connectivity index (χ3v) is 3.46. The Bertz CT molecular complexity index is 827. The molecule has 21 heavy (non-hydrogen) atoms. The maximum atomic E-state index is 12.4. The first kappa shape index (κ1) is 13.4. The van der Waals surface area contributed by atoms with Crippen molar-refractivity contribution >= 4 is 39.8 Å². The van der Waals surface area contributed by atoms with Gasteiger partial charge in [-0.1, -0.05) is 29.8 Å². The molecule has 1 aromatic heterocycles. The minimum Gasteiger partial charge on any atom is -0.398 e. The lowest BCUT2D eigenvalue weighted by molar-refractivity contribution is 0.102. The fourth-order valence-electron chi connectivity index (χ4n) is 2.09. The summed E-state index contributed by atoms with van der Waals surface area (Å²) in [5, 5.41) is 4.12. The highest BCUT2D eigenvalue weighted by Gasteiger charge is 2.11. The van der Waals surface area contributed by atoms with Gasteiger partial charge in [0.15, 0.2) is 0 Å². The summed E-state index contributed by atoms with van der Waals surface area (Å²) in [6.07, 6.45) is 1.67. The van der Waals surface area contributed by atoms with E-state index in [1.165, 1.54) is 0 Å². The summed E-state index contributed by atoms with van der Waals surface area (Å²) in [5.74, 6) is -0.236. The SMILES string of the molecule is Nc1ccc(NC(=O)c2cccc3cccnc23)cc1Cl. The Balaban J connectivity index is 1.95. The number of para-hydroxylation sites is 1. The maximum absolute atomic E-state index is 12.4. The molecule has 3 rings (SSSR count). The number of nitrogen functional groups attached to an aromatic ring is 1. The fourth-order valence-corrected chi connectivity index (χ4v) is 2.27. The van der Waals surface area contributed by atoms with Crippen molar-refractivity contribution in [3.05, 3.63) is 65.3 Å². The number of pyridine rings is 1. The lowest BCUT2D eigenvalue weighted by Gasteiger charge is -2.08. The van der Waals surface area contributed by atoms with Crippen molar-refractivity contribution in [3.8, 4) is 0 Å². The average Bonchev–Trinajstić information content (AvgIpc) is 2.50. The highest BCUT2D eigenvalue weighted by atomic mass is 35.5. The molecule has 1 heterocycles. The van der Waals surface area contributed by atoms with Crippen LogP contribution < -0.4 is 11.1 Å². The van der Waals surface area contributed by atoms with Gasteiger partial charge >= 0.3 is 0 Å².